The molecule has 2 heterocycles. The summed E-state index contributed by atoms with van der Waals surface area (Å²) in [6, 6.07) is 8.85. The Kier molecular flexibility index (Phi) is 5.08. The highest BCUT2D eigenvalue weighted by Crippen LogP contribution is 2.49. The second-order valence-corrected chi connectivity index (χ2v) is 7.36. The number of ether oxygens (including phenoxy) is 2. The Bertz CT molecular complexity index is 825. The lowest BCUT2D eigenvalue weighted by molar-refractivity contribution is -0.138. The zero-order valence-electron chi connectivity index (χ0n) is 15.4. The largest absolute Gasteiger partial charge is 0.416 e. The second-order valence-electron chi connectivity index (χ2n) is 7.36. The minimum Gasteiger partial charge on any atom is -0.394 e. The van der Waals surface area contributed by atoms with Gasteiger partial charge in [0.25, 0.3) is 0 Å². The van der Waals surface area contributed by atoms with E-state index in [4.69, 9.17) is 9.47 Å². The third-order valence-electron chi connectivity index (χ3n) is 5.41. The Morgan fingerprint density at radius 2 is 1.13 bits per heavy atom. The van der Waals surface area contributed by atoms with Gasteiger partial charge in [0.05, 0.1) is 36.5 Å². The van der Waals surface area contributed by atoms with E-state index in [1.807, 2.05) is 0 Å². The lowest BCUT2D eigenvalue weighted by Crippen LogP contribution is -2.47. The lowest BCUT2D eigenvalue weighted by Gasteiger charge is -2.33. The minimum atomic E-state index is -4.48. The molecule has 0 amide bonds. The summed E-state index contributed by atoms with van der Waals surface area (Å²) < 4.78 is 88.7. The monoisotopic (exact) mass is 433 g/mol. The van der Waals surface area contributed by atoms with Gasteiger partial charge in [-0.3, -0.25) is 0 Å². The first kappa shape index (κ1) is 21.1. The van der Waals surface area contributed by atoms with Gasteiger partial charge < -0.3 is 14.6 Å². The molecule has 2 aliphatic rings. The van der Waals surface area contributed by atoms with E-state index in [9.17, 15) is 31.4 Å². The van der Waals surface area contributed by atoms with Gasteiger partial charge in [0.2, 0.25) is 0 Å². The Balaban J connectivity index is 1.66. The van der Waals surface area contributed by atoms with Crippen LogP contribution in [0, 0.1) is 0 Å². The van der Waals surface area contributed by atoms with E-state index >= 15 is 0 Å². The molecule has 0 saturated carbocycles. The predicted molar refractivity (Wildman–Crippen MR) is 91.9 cm³/mol. The van der Waals surface area contributed by atoms with Crippen molar-refractivity contribution in [1.82, 2.24) is 4.90 Å². The van der Waals surface area contributed by atoms with Crippen LogP contribution in [-0.4, -0.2) is 35.4 Å². The molecule has 2 aliphatic heterocycles. The van der Waals surface area contributed by atoms with Crippen LogP contribution in [0.2, 0.25) is 0 Å². The Morgan fingerprint density at radius 3 is 1.43 bits per heavy atom. The number of fused-ring (bicyclic) bond motifs is 1. The smallest absolute Gasteiger partial charge is 0.394 e. The predicted octanol–water partition coefficient (Wildman–Crippen LogP) is 4.52. The maximum Gasteiger partial charge on any atom is 0.416 e. The molecule has 0 aliphatic carbocycles. The van der Waals surface area contributed by atoms with Gasteiger partial charge in [-0.2, -0.15) is 26.3 Å². The standard InChI is InChI=1S/C20H17F6NO3/c21-19(22,23)14-5-1-12(2-6-14)16-27-17(30-11-18(27,9-28)10-29-16)13-3-7-15(8-4-13)20(24,25)26/h1-8,16-17,28H,9-11H2/t16-,17-/m0/s1. The molecule has 0 spiro atoms. The van der Waals surface area contributed by atoms with Crippen molar-refractivity contribution < 1.29 is 40.9 Å². The number of rotatable bonds is 3. The first-order valence-electron chi connectivity index (χ1n) is 9.02. The summed E-state index contributed by atoms with van der Waals surface area (Å²) in [5, 5.41) is 9.96. The van der Waals surface area contributed by atoms with E-state index in [2.05, 4.69) is 0 Å². The number of aliphatic hydroxyl groups is 1. The molecule has 2 atom stereocenters. The highest BCUT2D eigenvalue weighted by molar-refractivity contribution is 5.30. The van der Waals surface area contributed by atoms with Crippen LogP contribution in [0.25, 0.3) is 0 Å². The normalized spacial score (nSPS) is 24.2. The van der Waals surface area contributed by atoms with Crippen molar-refractivity contribution in [2.75, 3.05) is 19.8 Å². The fourth-order valence-corrected chi connectivity index (χ4v) is 3.80. The molecule has 0 unspecified atom stereocenters. The van der Waals surface area contributed by atoms with Crippen molar-refractivity contribution in [2.24, 2.45) is 0 Å². The third kappa shape index (κ3) is 3.58. The van der Waals surface area contributed by atoms with E-state index in [1.165, 1.54) is 24.3 Å². The van der Waals surface area contributed by atoms with Crippen molar-refractivity contribution in [3.63, 3.8) is 0 Å². The average Bonchev–Trinajstić information content (AvgIpc) is 3.24. The molecule has 4 rings (SSSR count). The molecule has 0 aromatic heterocycles. The van der Waals surface area contributed by atoms with E-state index < -0.39 is 41.5 Å². The molecule has 10 heteroatoms. The van der Waals surface area contributed by atoms with Crippen molar-refractivity contribution in [3.8, 4) is 0 Å². The van der Waals surface area contributed by atoms with Gasteiger partial charge in [-0.1, -0.05) is 24.3 Å². The molecule has 162 valence electrons. The molecular weight excluding hydrogens is 416 g/mol. The topological polar surface area (TPSA) is 41.9 Å². The van der Waals surface area contributed by atoms with Crippen LogP contribution < -0.4 is 0 Å². The molecule has 30 heavy (non-hydrogen) atoms. The van der Waals surface area contributed by atoms with Crippen LogP contribution in [0.1, 0.15) is 34.7 Å². The first-order chi connectivity index (χ1) is 14.0. The van der Waals surface area contributed by atoms with Gasteiger partial charge >= 0.3 is 12.4 Å². The number of hydrogen-bond donors (Lipinski definition) is 1. The fraction of sp³-hybridized carbons (Fsp3) is 0.400. The average molecular weight is 433 g/mol. The SMILES string of the molecule is OCC12CO[C@@H](c3ccc(C(F)(F)F)cc3)N1[C@H](c1ccc(C(F)(F)F)cc1)OC2. The van der Waals surface area contributed by atoms with Crippen LogP contribution in [0.15, 0.2) is 48.5 Å². The highest BCUT2D eigenvalue weighted by Gasteiger charge is 2.56. The summed E-state index contributed by atoms with van der Waals surface area (Å²) >= 11 is 0. The maximum atomic E-state index is 12.9. The zero-order valence-corrected chi connectivity index (χ0v) is 15.4. The van der Waals surface area contributed by atoms with Gasteiger partial charge in [-0.05, 0) is 35.4 Å². The molecule has 4 nitrogen and oxygen atoms in total. The second kappa shape index (κ2) is 7.23. The van der Waals surface area contributed by atoms with Crippen molar-refractivity contribution in [2.45, 2.75) is 30.3 Å². The first-order valence-corrected chi connectivity index (χ1v) is 9.02. The number of halogens is 6. The third-order valence-corrected chi connectivity index (χ3v) is 5.41. The molecule has 2 aromatic carbocycles. The van der Waals surface area contributed by atoms with Gasteiger partial charge in [0.15, 0.2) is 0 Å². The van der Waals surface area contributed by atoms with Crippen molar-refractivity contribution >= 4 is 0 Å². The number of alkyl halides is 6. The van der Waals surface area contributed by atoms with Crippen LogP contribution in [0.5, 0.6) is 0 Å². The molecule has 0 radical (unpaired) electrons. The number of aliphatic hydroxyl groups excluding tert-OH is 1. The molecule has 0 bridgehead atoms. The summed E-state index contributed by atoms with van der Waals surface area (Å²) in [4.78, 5) is 1.66. The molecular formula is C20H17F6NO3. The van der Waals surface area contributed by atoms with E-state index in [0.29, 0.717) is 11.1 Å². The Morgan fingerprint density at radius 1 is 0.767 bits per heavy atom. The maximum absolute atomic E-state index is 12.9. The number of nitrogens with zero attached hydrogens (tertiary/aromatic N) is 1. The van der Waals surface area contributed by atoms with Gasteiger partial charge in [0.1, 0.15) is 12.5 Å². The Hall–Kier alpha value is -2.14. The van der Waals surface area contributed by atoms with Crippen molar-refractivity contribution in [3.05, 3.63) is 70.8 Å². The summed E-state index contributed by atoms with van der Waals surface area (Å²) in [5.74, 6) is 0. The zero-order chi connectivity index (χ0) is 21.7. The molecule has 2 fully saturated rings. The lowest BCUT2D eigenvalue weighted by atomic mass is 10.0. The summed E-state index contributed by atoms with van der Waals surface area (Å²) in [5.41, 5.74) is -1.73. The van der Waals surface area contributed by atoms with E-state index in [1.54, 1.807) is 4.90 Å². The summed E-state index contributed by atoms with van der Waals surface area (Å²) in [6.45, 7) is -0.222. The molecule has 2 aromatic rings. The van der Waals surface area contributed by atoms with Gasteiger partial charge in [0, 0.05) is 0 Å². The number of hydrogen-bond acceptors (Lipinski definition) is 4. The van der Waals surface area contributed by atoms with Crippen LogP contribution in [0.3, 0.4) is 0 Å². The fourth-order valence-electron chi connectivity index (χ4n) is 3.80. The molecule has 2 saturated heterocycles. The van der Waals surface area contributed by atoms with E-state index in [0.717, 1.165) is 24.3 Å². The quantitative estimate of drug-likeness (QED) is 0.724. The van der Waals surface area contributed by atoms with Gasteiger partial charge in [-0.25, -0.2) is 4.90 Å². The summed E-state index contributed by atoms with van der Waals surface area (Å²) in [7, 11) is 0. The highest BCUT2D eigenvalue weighted by atomic mass is 19.4. The summed E-state index contributed by atoms with van der Waals surface area (Å²) in [6.07, 6.45) is -10.6. The molecule has 1 N–H and O–H groups in total. The van der Waals surface area contributed by atoms with Crippen LogP contribution in [0.4, 0.5) is 26.3 Å². The Labute approximate surface area is 167 Å². The number of benzene rings is 2. The van der Waals surface area contributed by atoms with Crippen LogP contribution >= 0.6 is 0 Å². The minimum absolute atomic E-state index is 0.0618. The van der Waals surface area contributed by atoms with Gasteiger partial charge in [-0.15, -0.1) is 0 Å². The van der Waals surface area contributed by atoms with Crippen molar-refractivity contribution in [1.29, 1.82) is 0 Å². The van der Waals surface area contributed by atoms with Crippen LogP contribution in [-0.2, 0) is 21.8 Å². The van der Waals surface area contributed by atoms with E-state index in [-0.39, 0.29) is 19.8 Å².